The standard InChI is InChI=1S/C24H26Cl2N10O4/c25-21-7-5-19(15-27-21)17-33-13-11-31(23(33)29-35(37)38)9-3-1-2-4-10-32-12-14-34(24(32)30-36(39)40)18-20-6-8-22(26)28-16-20/h1-8,15-16H,9-14,17-18H2/b3-1+,4-2+,29-23-,30-24-. The van der Waals surface area contributed by atoms with Crippen LogP contribution < -0.4 is 0 Å². The zero-order valence-electron chi connectivity index (χ0n) is 21.3. The molecular weight excluding hydrogens is 563 g/mol. The fraction of sp³-hybridized carbons (Fsp3) is 0.333. The van der Waals surface area contributed by atoms with E-state index in [1.807, 2.05) is 56.0 Å². The summed E-state index contributed by atoms with van der Waals surface area (Å²) < 4.78 is 0. The van der Waals surface area contributed by atoms with Gasteiger partial charge in [-0.25, -0.2) is 30.2 Å². The molecule has 0 amide bonds. The number of pyridine rings is 2. The molecule has 0 unspecified atom stereocenters. The first kappa shape index (κ1) is 28.7. The molecule has 2 aromatic heterocycles. The summed E-state index contributed by atoms with van der Waals surface area (Å²) in [5.74, 6) is 0.560. The average molecular weight is 589 g/mol. The van der Waals surface area contributed by atoms with Crippen molar-refractivity contribution in [2.45, 2.75) is 13.1 Å². The summed E-state index contributed by atoms with van der Waals surface area (Å²) in [4.78, 5) is 37.7. The summed E-state index contributed by atoms with van der Waals surface area (Å²) in [7, 11) is 0. The Morgan fingerprint density at radius 3 is 1.48 bits per heavy atom. The van der Waals surface area contributed by atoms with Crippen LogP contribution in [0.2, 0.25) is 10.3 Å². The maximum Gasteiger partial charge on any atom is 0.274 e. The zero-order valence-corrected chi connectivity index (χ0v) is 22.8. The lowest BCUT2D eigenvalue weighted by Gasteiger charge is -2.19. The molecule has 0 aliphatic carbocycles. The van der Waals surface area contributed by atoms with Crippen molar-refractivity contribution in [1.29, 1.82) is 0 Å². The van der Waals surface area contributed by atoms with Crippen molar-refractivity contribution in [3.8, 4) is 0 Å². The maximum absolute atomic E-state index is 11.2. The van der Waals surface area contributed by atoms with Crippen molar-refractivity contribution in [2.24, 2.45) is 10.2 Å². The first-order valence-electron chi connectivity index (χ1n) is 12.3. The number of nitrogens with zero attached hydrogens (tertiary/aromatic N) is 10. The Morgan fingerprint density at radius 1 is 0.725 bits per heavy atom. The van der Waals surface area contributed by atoms with Crippen molar-refractivity contribution in [3.05, 3.63) is 103 Å². The van der Waals surface area contributed by atoms with E-state index in [1.165, 1.54) is 0 Å². The molecule has 2 fully saturated rings. The van der Waals surface area contributed by atoms with Gasteiger partial charge >= 0.3 is 0 Å². The number of rotatable bonds is 11. The highest BCUT2D eigenvalue weighted by Crippen LogP contribution is 2.16. The minimum absolute atomic E-state index is 0.280. The van der Waals surface area contributed by atoms with Crippen LogP contribution in [-0.4, -0.2) is 90.8 Å². The highest BCUT2D eigenvalue weighted by atomic mass is 35.5. The van der Waals surface area contributed by atoms with E-state index in [4.69, 9.17) is 23.2 Å². The zero-order chi connectivity index (χ0) is 28.5. The smallest absolute Gasteiger partial charge is 0.274 e. The van der Waals surface area contributed by atoms with Crippen LogP contribution >= 0.6 is 23.2 Å². The van der Waals surface area contributed by atoms with Gasteiger partial charge in [-0.3, -0.25) is 0 Å². The number of hydrogen-bond donors (Lipinski definition) is 0. The van der Waals surface area contributed by atoms with Crippen LogP contribution in [0.5, 0.6) is 0 Å². The number of nitro groups is 2. The Labute approximate surface area is 239 Å². The largest absolute Gasteiger partial charge is 0.332 e. The van der Waals surface area contributed by atoms with Gasteiger partial charge in [0.1, 0.15) is 20.5 Å². The van der Waals surface area contributed by atoms with Crippen LogP contribution in [0.4, 0.5) is 0 Å². The van der Waals surface area contributed by atoms with E-state index in [9.17, 15) is 20.2 Å². The molecule has 2 aliphatic heterocycles. The minimum Gasteiger partial charge on any atom is -0.332 e. The fourth-order valence-electron chi connectivity index (χ4n) is 4.30. The van der Waals surface area contributed by atoms with E-state index >= 15 is 0 Å². The van der Waals surface area contributed by atoms with Crippen molar-refractivity contribution in [2.75, 3.05) is 39.3 Å². The monoisotopic (exact) mass is 588 g/mol. The van der Waals surface area contributed by atoms with Gasteiger partial charge in [-0.2, -0.15) is 0 Å². The van der Waals surface area contributed by atoms with E-state index in [1.54, 1.807) is 24.5 Å². The lowest BCUT2D eigenvalue weighted by atomic mass is 10.3. The molecule has 2 saturated heterocycles. The third-order valence-corrected chi connectivity index (χ3v) is 6.56. The Bertz CT molecular complexity index is 1220. The van der Waals surface area contributed by atoms with E-state index < -0.39 is 10.1 Å². The van der Waals surface area contributed by atoms with Gasteiger partial charge in [0.2, 0.25) is 0 Å². The van der Waals surface area contributed by atoms with E-state index in [0.29, 0.717) is 62.7 Å². The summed E-state index contributed by atoms with van der Waals surface area (Å²) in [6.07, 6.45) is 10.7. The third kappa shape index (κ3) is 8.10. The van der Waals surface area contributed by atoms with Gasteiger partial charge in [-0.05, 0) is 23.3 Å². The van der Waals surface area contributed by atoms with Crippen LogP contribution in [-0.2, 0) is 13.1 Å². The van der Waals surface area contributed by atoms with Crippen molar-refractivity contribution in [1.82, 2.24) is 29.6 Å². The second-order valence-corrected chi connectivity index (χ2v) is 9.62. The summed E-state index contributed by atoms with van der Waals surface area (Å²) in [5, 5.41) is 28.9. The lowest BCUT2D eigenvalue weighted by Crippen LogP contribution is -2.34. The molecule has 4 rings (SSSR count). The predicted octanol–water partition coefficient (Wildman–Crippen LogP) is 2.93. The van der Waals surface area contributed by atoms with Crippen molar-refractivity contribution >= 4 is 35.1 Å². The summed E-state index contributed by atoms with van der Waals surface area (Å²) in [5.41, 5.74) is 1.73. The third-order valence-electron chi connectivity index (χ3n) is 6.11. The molecule has 16 heteroatoms. The number of allylic oxidation sites excluding steroid dienone is 2. The Morgan fingerprint density at radius 2 is 1.12 bits per heavy atom. The molecule has 210 valence electrons. The van der Waals surface area contributed by atoms with Crippen LogP contribution in [0, 0.1) is 20.2 Å². The molecule has 4 heterocycles. The number of hydrazone groups is 2. The summed E-state index contributed by atoms with van der Waals surface area (Å²) in [6.45, 7) is 4.01. The normalized spacial score (nSPS) is 17.9. The lowest BCUT2D eigenvalue weighted by molar-refractivity contribution is -0.486. The molecule has 0 N–H and O–H groups in total. The van der Waals surface area contributed by atoms with Gasteiger partial charge in [0, 0.05) is 64.8 Å². The molecule has 0 bridgehead atoms. The molecular formula is C24H26Cl2N10O4. The average Bonchev–Trinajstić information content (AvgIpc) is 3.46. The van der Waals surface area contributed by atoms with Gasteiger partial charge in [0.05, 0.1) is 0 Å². The second-order valence-electron chi connectivity index (χ2n) is 8.85. The molecule has 0 atom stereocenters. The Balaban J connectivity index is 1.31. The molecule has 40 heavy (non-hydrogen) atoms. The van der Waals surface area contributed by atoms with Crippen LogP contribution in [0.3, 0.4) is 0 Å². The number of aromatic nitrogens is 2. The maximum atomic E-state index is 11.2. The molecule has 2 aliphatic rings. The van der Waals surface area contributed by atoms with Crippen LogP contribution in [0.15, 0.2) is 71.2 Å². The highest BCUT2D eigenvalue weighted by Gasteiger charge is 2.30. The fourth-order valence-corrected chi connectivity index (χ4v) is 4.52. The summed E-state index contributed by atoms with van der Waals surface area (Å²) in [6, 6.07) is 6.99. The molecule has 0 aromatic carbocycles. The Hall–Kier alpha value is -4.30. The van der Waals surface area contributed by atoms with Gasteiger partial charge in [0.25, 0.3) is 11.9 Å². The molecule has 14 nitrogen and oxygen atoms in total. The van der Waals surface area contributed by atoms with E-state index in [0.717, 1.165) is 11.1 Å². The van der Waals surface area contributed by atoms with E-state index in [-0.39, 0.29) is 11.9 Å². The first-order valence-corrected chi connectivity index (χ1v) is 13.0. The van der Waals surface area contributed by atoms with Gasteiger partial charge in [0.15, 0.2) is 10.1 Å². The van der Waals surface area contributed by atoms with Gasteiger partial charge in [-0.1, -0.05) is 59.6 Å². The van der Waals surface area contributed by atoms with Crippen LogP contribution in [0.1, 0.15) is 11.1 Å². The molecule has 2 aromatic rings. The van der Waals surface area contributed by atoms with Crippen LogP contribution in [0.25, 0.3) is 0 Å². The van der Waals surface area contributed by atoms with Crippen molar-refractivity contribution < 1.29 is 10.1 Å². The number of guanidine groups is 2. The molecule has 0 saturated carbocycles. The summed E-state index contributed by atoms with van der Waals surface area (Å²) >= 11 is 11.7. The number of hydrogen-bond acceptors (Lipinski definition) is 6. The highest BCUT2D eigenvalue weighted by molar-refractivity contribution is 6.29. The van der Waals surface area contributed by atoms with E-state index in [2.05, 4.69) is 20.2 Å². The molecule has 0 spiro atoms. The van der Waals surface area contributed by atoms with Crippen molar-refractivity contribution in [3.63, 3.8) is 0 Å². The SMILES string of the molecule is O=[N+]([O-])/N=C1/N(C/C=C/C=C/CN2CCN(Cc3ccc(Cl)nc3)/C2=N\[N+](=O)[O-])CCN1Cc1ccc(Cl)nc1. The molecule has 0 radical (unpaired) electrons. The first-order chi connectivity index (χ1) is 19.3. The minimum atomic E-state index is -0.697. The number of halogens is 2. The quantitative estimate of drug-likeness (QED) is 0.166. The van der Waals surface area contributed by atoms with Gasteiger partial charge < -0.3 is 19.6 Å². The van der Waals surface area contributed by atoms with Gasteiger partial charge in [-0.15, -0.1) is 0 Å². The second kappa shape index (κ2) is 13.7. The topological polar surface area (TPSA) is 150 Å². The Kier molecular flexibility index (Phi) is 9.81. The predicted molar refractivity (Wildman–Crippen MR) is 150 cm³/mol.